The molecule has 1 aromatic heterocycles. The number of methoxy groups -OCH3 is 2. The number of sulfonamides is 1. The smallest absolute Gasteiger partial charge is 0.316 e. The molecule has 0 atom stereocenters. The fraction of sp³-hybridized carbons (Fsp3) is 0.333. The summed E-state index contributed by atoms with van der Waals surface area (Å²) < 4.78 is 37.6. The highest BCUT2D eigenvalue weighted by Gasteiger charge is 2.21. The molecule has 13 heteroatoms. The first-order valence-electron chi connectivity index (χ1n) is 7.83. The molecule has 0 fully saturated rings. The first kappa shape index (κ1) is 21.9. The van der Waals surface area contributed by atoms with Crippen LogP contribution in [0.25, 0.3) is 0 Å². The van der Waals surface area contributed by atoms with Crippen LogP contribution in [-0.4, -0.2) is 57.0 Å². The van der Waals surface area contributed by atoms with Gasteiger partial charge in [-0.3, -0.25) is 14.3 Å². The highest BCUT2D eigenvalue weighted by Crippen LogP contribution is 2.28. The van der Waals surface area contributed by atoms with Gasteiger partial charge in [0.2, 0.25) is 5.13 Å². The summed E-state index contributed by atoms with van der Waals surface area (Å²) in [5.74, 6) is -0.596. The molecule has 28 heavy (non-hydrogen) atoms. The molecule has 2 aromatic rings. The molecule has 1 heterocycles. The number of nitrogens with zero attached hydrogens (tertiary/aromatic N) is 2. The van der Waals surface area contributed by atoms with Crippen molar-refractivity contribution in [1.29, 1.82) is 0 Å². The van der Waals surface area contributed by atoms with Gasteiger partial charge in [0, 0.05) is 6.54 Å². The van der Waals surface area contributed by atoms with E-state index in [-0.39, 0.29) is 27.1 Å². The fourth-order valence-electron chi connectivity index (χ4n) is 1.95. The molecule has 0 aliphatic rings. The van der Waals surface area contributed by atoms with Crippen molar-refractivity contribution in [2.75, 3.05) is 31.2 Å². The van der Waals surface area contributed by atoms with Crippen molar-refractivity contribution in [3.05, 3.63) is 23.8 Å². The Balaban J connectivity index is 2.21. The van der Waals surface area contributed by atoms with Crippen molar-refractivity contribution < 1.29 is 27.5 Å². The van der Waals surface area contributed by atoms with Crippen LogP contribution in [0.5, 0.6) is 5.75 Å². The Morgan fingerprint density at radius 1 is 1.25 bits per heavy atom. The summed E-state index contributed by atoms with van der Waals surface area (Å²) in [5.41, 5.74) is 0.0961. The number of benzene rings is 1. The molecule has 2 N–H and O–H groups in total. The average Bonchev–Trinajstić information content (AvgIpc) is 3.12. The number of carbonyl (C=O) groups is 2. The van der Waals surface area contributed by atoms with Crippen molar-refractivity contribution in [3.63, 3.8) is 0 Å². The first-order chi connectivity index (χ1) is 13.3. The molecule has 0 saturated heterocycles. The van der Waals surface area contributed by atoms with Crippen LogP contribution in [0.4, 0.5) is 5.13 Å². The number of nitrogens with one attached hydrogen (secondary N) is 2. The van der Waals surface area contributed by atoms with Gasteiger partial charge in [0.25, 0.3) is 15.9 Å². The minimum atomic E-state index is -4.01. The average molecular weight is 447 g/mol. The molecule has 0 radical (unpaired) electrons. The number of esters is 1. The van der Waals surface area contributed by atoms with Gasteiger partial charge in [0.05, 0.1) is 30.4 Å². The molecule has 2 rings (SSSR count). The van der Waals surface area contributed by atoms with Crippen LogP contribution < -0.4 is 14.8 Å². The van der Waals surface area contributed by atoms with Gasteiger partial charge in [0.1, 0.15) is 5.75 Å². The third-order valence-corrected chi connectivity index (χ3v) is 6.64. The van der Waals surface area contributed by atoms with Crippen molar-refractivity contribution in [1.82, 2.24) is 15.5 Å². The summed E-state index contributed by atoms with van der Waals surface area (Å²) in [7, 11) is -1.35. The Kier molecular flexibility index (Phi) is 7.60. The van der Waals surface area contributed by atoms with Gasteiger partial charge in [-0.15, -0.1) is 10.2 Å². The maximum Gasteiger partial charge on any atom is 0.316 e. The number of aromatic nitrogens is 2. The van der Waals surface area contributed by atoms with Gasteiger partial charge < -0.3 is 14.8 Å². The number of hydrogen-bond donors (Lipinski definition) is 2. The molecule has 0 spiro atoms. The molecule has 0 aliphatic carbocycles. The second kappa shape index (κ2) is 9.71. The van der Waals surface area contributed by atoms with Crippen molar-refractivity contribution in [2.24, 2.45) is 0 Å². The number of rotatable bonds is 9. The molecule has 0 aliphatic heterocycles. The minimum absolute atomic E-state index is 0.0303. The normalized spacial score (nSPS) is 11.0. The van der Waals surface area contributed by atoms with Crippen LogP contribution in [0.1, 0.15) is 17.3 Å². The number of hydrogen-bond acceptors (Lipinski definition) is 10. The lowest BCUT2D eigenvalue weighted by Crippen LogP contribution is -2.24. The zero-order chi connectivity index (χ0) is 20.7. The minimum Gasteiger partial charge on any atom is -0.496 e. The van der Waals surface area contributed by atoms with Crippen LogP contribution in [-0.2, 0) is 19.6 Å². The highest BCUT2D eigenvalue weighted by molar-refractivity contribution is 8.01. The van der Waals surface area contributed by atoms with Crippen LogP contribution in [0.2, 0.25) is 0 Å². The molecule has 1 amide bonds. The van der Waals surface area contributed by atoms with Crippen molar-refractivity contribution in [2.45, 2.75) is 16.2 Å². The van der Waals surface area contributed by atoms with E-state index in [1.807, 2.05) is 0 Å². The molecule has 1 aromatic carbocycles. The third kappa shape index (κ3) is 5.56. The number of ether oxygens (including phenoxy) is 2. The molecule has 0 bridgehead atoms. The topological polar surface area (TPSA) is 137 Å². The van der Waals surface area contributed by atoms with Crippen molar-refractivity contribution >= 4 is 50.1 Å². The maximum atomic E-state index is 12.6. The molecule has 0 unspecified atom stereocenters. The second-order valence-corrected chi connectivity index (χ2v) is 8.95. The fourth-order valence-corrected chi connectivity index (χ4v) is 4.79. The highest BCUT2D eigenvalue weighted by atomic mass is 32.2. The van der Waals surface area contributed by atoms with Gasteiger partial charge in [-0.2, -0.15) is 0 Å². The molecule has 10 nitrogen and oxygen atoms in total. The largest absolute Gasteiger partial charge is 0.496 e. The SMILES string of the molecule is CCNC(=O)c1cc(S(=O)(=O)Nc2nnc(SCC(=O)OC)s2)ccc1OC. The third-order valence-electron chi connectivity index (χ3n) is 3.23. The quantitative estimate of drug-likeness (QED) is 0.432. The van der Waals surface area contributed by atoms with E-state index in [1.165, 1.54) is 32.4 Å². The van der Waals surface area contributed by atoms with Crippen LogP contribution >= 0.6 is 23.1 Å². The standard InChI is InChI=1S/C15H18N4O6S3/c1-4-16-13(21)10-7-9(5-6-11(10)24-2)28(22,23)19-14-17-18-15(27-14)26-8-12(20)25-3/h5-7H,4,8H2,1-3H3,(H,16,21)(H,17,19). The summed E-state index contributed by atoms with van der Waals surface area (Å²) in [4.78, 5) is 23.2. The summed E-state index contributed by atoms with van der Waals surface area (Å²) in [6.07, 6.45) is 0. The van der Waals surface area contributed by atoms with Gasteiger partial charge in [0.15, 0.2) is 4.34 Å². The van der Waals surface area contributed by atoms with Crippen LogP contribution in [0.3, 0.4) is 0 Å². The lowest BCUT2D eigenvalue weighted by Gasteiger charge is -2.11. The van der Waals surface area contributed by atoms with Gasteiger partial charge >= 0.3 is 5.97 Å². The monoisotopic (exact) mass is 446 g/mol. The Bertz CT molecular complexity index is 960. The zero-order valence-electron chi connectivity index (χ0n) is 15.2. The van der Waals surface area contributed by atoms with E-state index in [1.54, 1.807) is 6.92 Å². The number of amides is 1. The molecule has 0 saturated carbocycles. The van der Waals surface area contributed by atoms with Gasteiger partial charge in [-0.1, -0.05) is 23.1 Å². The molecule has 152 valence electrons. The second-order valence-electron chi connectivity index (χ2n) is 5.06. The van der Waals surface area contributed by atoms with E-state index in [0.717, 1.165) is 23.1 Å². The predicted octanol–water partition coefficient (Wildman–Crippen LogP) is 1.36. The van der Waals surface area contributed by atoms with E-state index in [0.29, 0.717) is 10.9 Å². The van der Waals surface area contributed by atoms with Crippen LogP contribution in [0.15, 0.2) is 27.4 Å². The maximum absolute atomic E-state index is 12.6. The predicted molar refractivity (Wildman–Crippen MR) is 104 cm³/mol. The van der Waals surface area contributed by atoms with E-state index >= 15 is 0 Å². The Morgan fingerprint density at radius 2 is 2.00 bits per heavy atom. The van der Waals surface area contributed by atoms with E-state index in [2.05, 4.69) is 25.0 Å². The van der Waals surface area contributed by atoms with Crippen molar-refractivity contribution in [3.8, 4) is 5.75 Å². The number of anilines is 1. The summed E-state index contributed by atoms with van der Waals surface area (Å²) >= 11 is 2.05. The number of thioether (sulfide) groups is 1. The first-order valence-corrected chi connectivity index (χ1v) is 11.1. The summed E-state index contributed by atoms with van der Waals surface area (Å²) in [5, 5.41) is 10.2. The van der Waals surface area contributed by atoms with E-state index in [9.17, 15) is 18.0 Å². The Hall–Kier alpha value is -2.38. The Morgan fingerprint density at radius 3 is 2.64 bits per heavy atom. The van der Waals surface area contributed by atoms with Gasteiger partial charge in [-0.05, 0) is 25.1 Å². The Labute approximate surface area is 170 Å². The summed E-state index contributed by atoms with van der Waals surface area (Å²) in [6, 6.07) is 3.94. The van der Waals surface area contributed by atoms with E-state index < -0.39 is 21.9 Å². The van der Waals surface area contributed by atoms with E-state index in [4.69, 9.17) is 4.74 Å². The molecular formula is C15H18N4O6S3. The van der Waals surface area contributed by atoms with Gasteiger partial charge in [-0.25, -0.2) is 8.42 Å². The zero-order valence-corrected chi connectivity index (χ0v) is 17.7. The lowest BCUT2D eigenvalue weighted by molar-refractivity contribution is -0.137. The van der Waals surface area contributed by atoms with Crippen LogP contribution in [0, 0.1) is 0 Å². The lowest BCUT2D eigenvalue weighted by atomic mass is 10.2. The number of carbonyl (C=O) groups excluding carboxylic acids is 2. The molecular weight excluding hydrogens is 428 g/mol. The summed E-state index contributed by atoms with van der Waals surface area (Å²) in [6.45, 7) is 2.13.